The molecule has 9 nitrogen and oxygen atoms in total. The summed E-state index contributed by atoms with van der Waals surface area (Å²) in [5.74, 6) is 0.511. The van der Waals surface area contributed by atoms with Gasteiger partial charge in [-0.15, -0.1) is 0 Å². The Hall–Kier alpha value is -2.16. The molecule has 0 aromatic heterocycles. The fourth-order valence-corrected chi connectivity index (χ4v) is 6.34. The first-order valence-electron chi connectivity index (χ1n) is 13.7. The molecule has 9 heteroatoms. The third-order valence-electron chi connectivity index (χ3n) is 8.57. The minimum atomic E-state index is -0.879. The van der Waals surface area contributed by atoms with E-state index in [1.807, 2.05) is 9.80 Å². The second-order valence-electron chi connectivity index (χ2n) is 11.2. The van der Waals surface area contributed by atoms with Gasteiger partial charge in [-0.2, -0.15) is 0 Å². The van der Waals surface area contributed by atoms with Crippen LogP contribution in [0.3, 0.4) is 0 Å². The lowest BCUT2D eigenvalue weighted by molar-refractivity contribution is -0.150. The van der Waals surface area contributed by atoms with Crippen LogP contribution in [0.25, 0.3) is 0 Å². The number of piperidine rings is 2. The van der Waals surface area contributed by atoms with Crippen molar-refractivity contribution >= 4 is 23.6 Å². The molecule has 4 amide bonds. The van der Waals surface area contributed by atoms with Gasteiger partial charge in [-0.3, -0.25) is 24.1 Å². The standard InChI is InChI=1S/C26H43N5O4/c1-26(2)25(35)27-12-18-31(26)23(33)9-8-22(32)30-15-4-3-7-21(30)20-10-16-28(17-11-20)19-24(34)29-13-5-6-14-29/h20-21H,3-19H2,1-2H3,(H,27,35). The summed E-state index contributed by atoms with van der Waals surface area (Å²) in [4.78, 5) is 58.7. The average molecular weight is 490 g/mol. The molecule has 1 unspecified atom stereocenters. The van der Waals surface area contributed by atoms with Crippen LogP contribution < -0.4 is 5.32 Å². The second-order valence-corrected chi connectivity index (χ2v) is 11.2. The SMILES string of the molecule is CC1(C)C(=O)NCCN1C(=O)CCC(=O)N1CCCCC1C1CCN(CC(=O)N2CCCC2)CC1. The van der Waals surface area contributed by atoms with Gasteiger partial charge in [-0.05, 0) is 77.8 Å². The maximum Gasteiger partial charge on any atom is 0.245 e. The van der Waals surface area contributed by atoms with Crippen LogP contribution in [-0.4, -0.2) is 107 Å². The van der Waals surface area contributed by atoms with Crippen molar-refractivity contribution < 1.29 is 19.2 Å². The number of rotatable bonds is 6. The largest absolute Gasteiger partial charge is 0.352 e. The van der Waals surface area contributed by atoms with Crippen LogP contribution in [0.2, 0.25) is 0 Å². The first-order valence-corrected chi connectivity index (χ1v) is 13.7. The van der Waals surface area contributed by atoms with Crippen LogP contribution in [-0.2, 0) is 19.2 Å². The van der Waals surface area contributed by atoms with Crippen LogP contribution in [0.1, 0.15) is 71.6 Å². The van der Waals surface area contributed by atoms with Gasteiger partial charge in [0.15, 0.2) is 0 Å². The Balaban J connectivity index is 1.26. The zero-order valence-corrected chi connectivity index (χ0v) is 21.6. The summed E-state index contributed by atoms with van der Waals surface area (Å²) < 4.78 is 0. The lowest BCUT2D eigenvalue weighted by Gasteiger charge is -2.44. The molecule has 0 spiro atoms. The number of nitrogens with zero attached hydrogens (tertiary/aromatic N) is 4. The van der Waals surface area contributed by atoms with E-state index in [2.05, 4.69) is 10.2 Å². The fourth-order valence-electron chi connectivity index (χ4n) is 6.34. The molecule has 196 valence electrons. The van der Waals surface area contributed by atoms with Crippen molar-refractivity contribution in [3.05, 3.63) is 0 Å². The third kappa shape index (κ3) is 5.98. The van der Waals surface area contributed by atoms with Gasteiger partial charge in [0.2, 0.25) is 23.6 Å². The van der Waals surface area contributed by atoms with Crippen molar-refractivity contribution in [1.29, 1.82) is 0 Å². The maximum absolute atomic E-state index is 13.2. The van der Waals surface area contributed by atoms with E-state index in [9.17, 15) is 19.2 Å². The number of piperazine rings is 1. The van der Waals surface area contributed by atoms with E-state index in [4.69, 9.17) is 0 Å². The molecule has 4 aliphatic rings. The first-order chi connectivity index (χ1) is 16.8. The molecule has 0 bridgehead atoms. The number of hydrogen-bond donors (Lipinski definition) is 1. The number of carbonyl (C=O) groups excluding carboxylic acids is 4. The smallest absolute Gasteiger partial charge is 0.245 e. The Labute approximate surface area is 209 Å². The second kappa shape index (κ2) is 11.3. The number of likely N-dealkylation sites (tertiary alicyclic amines) is 3. The molecular weight excluding hydrogens is 446 g/mol. The van der Waals surface area contributed by atoms with E-state index in [1.165, 1.54) is 0 Å². The molecule has 35 heavy (non-hydrogen) atoms. The van der Waals surface area contributed by atoms with Gasteiger partial charge in [-0.25, -0.2) is 0 Å². The predicted molar refractivity (Wildman–Crippen MR) is 132 cm³/mol. The summed E-state index contributed by atoms with van der Waals surface area (Å²) in [5, 5.41) is 2.81. The Bertz CT molecular complexity index is 802. The summed E-state index contributed by atoms with van der Waals surface area (Å²) in [6.45, 7) is 9.37. The summed E-state index contributed by atoms with van der Waals surface area (Å²) in [6.07, 6.45) is 7.79. The van der Waals surface area contributed by atoms with Crippen molar-refractivity contribution in [2.24, 2.45) is 5.92 Å². The van der Waals surface area contributed by atoms with Crippen LogP contribution in [0.15, 0.2) is 0 Å². The topological polar surface area (TPSA) is 93.3 Å². The van der Waals surface area contributed by atoms with Crippen LogP contribution in [0, 0.1) is 5.92 Å². The molecule has 4 saturated heterocycles. The van der Waals surface area contributed by atoms with Crippen LogP contribution in [0.4, 0.5) is 0 Å². The average Bonchev–Trinajstić information content (AvgIpc) is 3.40. The Morgan fingerprint density at radius 3 is 2.20 bits per heavy atom. The Morgan fingerprint density at radius 1 is 0.829 bits per heavy atom. The molecule has 4 fully saturated rings. The molecular formula is C26H43N5O4. The molecule has 0 aromatic carbocycles. The third-order valence-corrected chi connectivity index (χ3v) is 8.57. The van der Waals surface area contributed by atoms with E-state index in [0.29, 0.717) is 25.6 Å². The van der Waals surface area contributed by atoms with Gasteiger partial charge in [0, 0.05) is 51.6 Å². The van der Waals surface area contributed by atoms with Crippen LogP contribution >= 0.6 is 0 Å². The quantitative estimate of drug-likeness (QED) is 0.606. The number of nitrogens with one attached hydrogen (secondary N) is 1. The highest BCUT2D eigenvalue weighted by atomic mass is 16.2. The molecule has 0 saturated carbocycles. The van der Waals surface area contributed by atoms with E-state index < -0.39 is 5.54 Å². The summed E-state index contributed by atoms with van der Waals surface area (Å²) in [7, 11) is 0. The van der Waals surface area contributed by atoms with Gasteiger partial charge >= 0.3 is 0 Å². The molecule has 0 aliphatic carbocycles. The minimum Gasteiger partial charge on any atom is -0.352 e. The molecule has 4 aliphatic heterocycles. The lowest BCUT2D eigenvalue weighted by Crippen LogP contribution is -2.63. The monoisotopic (exact) mass is 489 g/mol. The fraction of sp³-hybridized carbons (Fsp3) is 0.846. The van der Waals surface area contributed by atoms with E-state index in [0.717, 1.165) is 77.7 Å². The number of hydrogen-bond acceptors (Lipinski definition) is 5. The molecule has 0 radical (unpaired) electrons. The predicted octanol–water partition coefficient (Wildman–Crippen LogP) is 1.22. The van der Waals surface area contributed by atoms with Crippen molar-refractivity contribution in [3.63, 3.8) is 0 Å². The Morgan fingerprint density at radius 2 is 1.49 bits per heavy atom. The zero-order valence-electron chi connectivity index (χ0n) is 21.6. The normalized spacial score (nSPS) is 26.1. The van der Waals surface area contributed by atoms with E-state index >= 15 is 0 Å². The molecule has 0 aromatic rings. The first kappa shape index (κ1) is 25.9. The van der Waals surface area contributed by atoms with Gasteiger partial charge in [0.25, 0.3) is 0 Å². The van der Waals surface area contributed by atoms with Gasteiger partial charge < -0.3 is 20.0 Å². The Kier molecular flexibility index (Phi) is 8.34. The molecule has 1 atom stereocenters. The minimum absolute atomic E-state index is 0.0638. The van der Waals surface area contributed by atoms with Gasteiger partial charge in [0.05, 0.1) is 6.54 Å². The van der Waals surface area contributed by atoms with Gasteiger partial charge in [-0.1, -0.05) is 0 Å². The molecule has 1 N–H and O–H groups in total. The zero-order chi connectivity index (χ0) is 25.0. The van der Waals surface area contributed by atoms with Crippen molar-refractivity contribution in [2.75, 3.05) is 52.4 Å². The number of carbonyl (C=O) groups is 4. The summed E-state index contributed by atoms with van der Waals surface area (Å²) >= 11 is 0. The number of amides is 4. The van der Waals surface area contributed by atoms with E-state index in [1.54, 1.807) is 18.7 Å². The van der Waals surface area contributed by atoms with Crippen molar-refractivity contribution in [3.8, 4) is 0 Å². The van der Waals surface area contributed by atoms with Crippen LogP contribution in [0.5, 0.6) is 0 Å². The highest BCUT2D eigenvalue weighted by molar-refractivity contribution is 5.93. The lowest BCUT2D eigenvalue weighted by atomic mass is 9.83. The van der Waals surface area contributed by atoms with Gasteiger partial charge in [0.1, 0.15) is 5.54 Å². The molecule has 4 rings (SSSR count). The summed E-state index contributed by atoms with van der Waals surface area (Å²) in [5.41, 5.74) is -0.879. The van der Waals surface area contributed by atoms with E-state index in [-0.39, 0.29) is 42.5 Å². The summed E-state index contributed by atoms with van der Waals surface area (Å²) in [6, 6.07) is 0.236. The van der Waals surface area contributed by atoms with Crippen molar-refractivity contribution in [2.45, 2.75) is 83.2 Å². The maximum atomic E-state index is 13.2. The highest BCUT2D eigenvalue weighted by Gasteiger charge is 2.41. The van der Waals surface area contributed by atoms with Crippen molar-refractivity contribution in [1.82, 2.24) is 24.9 Å². The highest BCUT2D eigenvalue weighted by Crippen LogP contribution is 2.31. The molecule has 4 heterocycles.